The predicted molar refractivity (Wildman–Crippen MR) is 51.1 cm³/mol. The number of hydrogen-bond donors (Lipinski definition) is 2. The molecular formula is C10H22O2. The Labute approximate surface area is 75.6 Å². The van der Waals surface area contributed by atoms with Crippen LogP contribution < -0.4 is 0 Å². The van der Waals surface area contributed by atoms with E-state index in [0.717, 1.165) is 38.5 Å². The number of hydrogen-bond acceptors (Lipinski definition) is 2. The Hall–Kier alpha value is -0.0800. The molecule has 2 nitrogen and oxygen atoms in total. The van der Waals surface area contributed by atoms with Gasteiger partial charge in [0.25, 0.3) is 0 Å². The highest BCUT2D eigenvalue weighted by Gasteiger charge is 2.06. The maximum Gasteiger partial charge on any atom is 0.0541 e. The Morgan fingerprint density at radius 2 is 1.50 bits per heavy atom. The summed E-state index contributed by atoms with van der Waals surface area (Å²) >= 11 is 0. The Bertz CT molecular complexity index is 93.8. The second-order valence-electron chi connectivity index (χ2n) is 3.44. The molecule has 0 aliphatic carbocycles. The van der Waals surface area contributed by atoms with Crippen molar-refractivity contribution in [3.05, 3.63) is 0 Å². The van der Waals surface area contributed by atoms with Crippen LogP contribution in [0, 0.1) is 0 Å². The minimum Gasteiger partial charge on any atom is -0.393 e. The van der Waals surface area contributed by atoms with Crippen molar-refractivity contribution in [2.24, 2.45) is 0 Å². The molecule has 0 spiro atoms. The molecule has 0 aromatic rings. The van der Waals surface area contributed by atoms with Gasteiger partial charge in [-0.05, 0) is 25.7 Å². The highest BCUT2D eigenvalue weighted by Crippen LogP contribution is 2.09. The minimum absolute atomic E-state index is 0.203. The molecule has 0 aliphatic rings. The van der Waals surface area contributed by atoms with E-state index in [0.29, 0.717) is 0 Å². The van der Waals surface area contributed by atoms with Crippen LogP contribution in [0.3, 0.4) is 0 Å². The van der Waals surface area contributed by atoms with Crippen LogP contribution >= 0.6 is 0 Å². The first-order chi connectivity index (χ1) is 5.70. The molecule has 0 rings (SSSR count). The van der Waals surface area contributed by atoms with Gasteiger partial charge in [-0.2, -0.15) is 0 Å². The van der Waals surface area contributed by atoms with Gasteiger partial charge in [-0.25, -0.2) is 0 Å². The van der Waals surface area contributed by atoms with E-state index in [4.69, 9.17) is 0 Å². The monoisotopic (exact) mass is 174 g/mol. The molecule has 2 N–H and O–H groups in total. The fourth-order valence-electron chi connectivity index (χ4n) is 1.17. The summed E-state index contributed by atoms with van der Waals surface area (Å²) in [7, 11) is 0. The van der Waals surface area contributed by atoms with Crippen LogP contribution in [0.15, 0.2) is 0 Å². The number of aliphatic hydroxyl groups is 2. The van der Waals surface area contributed by atoms with Crippen LogP contribution in [0.5, 0.6) is 0 Å². The van der Waals surface area contributed by atoms with Crippen molar-refractivity contribution in [1.29, 1.82) is 0 Å². The van der Waals surface area contributed by atoms with Gasteiger partial charge >= 0.3 is 0 Å². The van der Waals surface area contributed by atoms with E-state index in [-0.39, 0.29) is 12.2 Å². The molecule has 0 saturated heterocycles. The molecule has 2 unspecified atom stereocenters. The molecular weight excluding hydrogens is 152 g/mol. The van der Waals surface area contributed by atoms with Crippen molar-refractivity contribution in [2.45, 2.75) is 64.6 Å². The zero-order valence-corrected chi connectivity index (χ0v) is 8.29. The summed E-state index contributed by atoms with van der Waals surface area (Å²) in [6.07, 6.45) is 4.95. The summed E-state index contributed by atoms with van der Waals surface area (Å²) in [4.78, 5) is 0. The SMILES string of the molecule is CCCCC(O)CCC(O)CC. The molecule has 0 radical (unpaired) electrons. The van der Waals surface area contributed by atoms with Crippen LogP contribution in [0.1, 0.15) is 52.4 Å². The molecule has 12 heavy (non-hydrogen) atoms. The molecule has 74 valence electrons. The van der Waals surface area contributed by atoms with Crippen LogP contribution in [0.25, 0.3) is 0 Å². The first-order valence-electron chi connectivity index (χ1n) is 5.06. The zero-order chi connectivity index (χ0) is 9.40. The maximum atomic E-state index is 9.41. The third-order valence-electron chi connectivity index (χ3n) is 2.20. The van der Waals surface area contributed by atoms with E-state index < -0.39 is 0 Å². The molecule has 2 heteroatoms. The van der Waals surface area contributed by atoms with Gasteiger partial charge in [0, 0.05) is 0 Å². The summed E-state index contributed by atoms with van der Waals surface area (Å²) < 4.78 is 0. The van der Waals surface area contributed by atoms with Crippen molar-refractivity contribution < 1.29 is 10.2 Å². The van der Waals surface area contributed by atoms with E-state index in [1.54, 1.807) is 0 Å². The fourth-order valence-corrected chi connectivity index (χ4v) is 1.17. The van der Waals surface area contributed by atoms with Gasteiger partial charge in [0.1, 0.15) is 0 Å². The van der Waals surface area contributed by atoms with Crippen LogP contribution in [-0.4, -0.2) is 22.4 Å². The van der Waals surface area contributed by atoms with Gasteiger partial charge in [-0.1, -0.05) is 26.7 Å². The summed E-state index contributed by atoms with van der Waals surface area (Å²) in [6.45, 7) is 4.08. The normalized spacial score (nSPS) is 16.0. The number of unbranched alkanes of at least 4 members (excludes halogenated alkanes) is 1. The first-order valence-corrected chi connectivity index (χ1v) is 5.06. The summed E-state index contributed by atoms with van der Waals surface area (Å²) in [5, 5.41) is 18.6. The molecule has 0 aromatic carbocycles. The van der Waals surface area contributed by atoms with Crippen LogP contribution in [-0.2, 0) is 0 Å². The number of aliphatic hydroxyl groups excluding tert-OH is 2. The van der Waals surface area contributed by atoms with Gasteiger partial charge in [0.2, 0.25) is 0 Å². The molecule has 0 amide bonds. The second kappa shape index (κ2) is 7.56. The lowest BCUT2D eigenvalue weighted by Gasteiger charge is -2.12. The molecule has 0 saturated carbocycles. The summed E-state index contributed by atoms with van der Waals surface area (Å²) in [6, 6.07) is 0. The lowest BCUT2D eigenvalue weighted by atomic mass is 10.0. The van der Waals surface area contributed by atoms with Crippen molar-refractivity contribution in [1.82, 2.24) is 0 Å². The molecule has 0 fully saturated rings. The first kappa shape index (κ1) is 11.9. The van der Waals surface area contributed by atoms with E-state index in [1.807, 2.05) is 6.92 Å². The quantitative estimate of drug-likeness (QED) is 0.620. The van der Waals surface area contributed by atoms with Crippen LogP contribution in [0.2, 0.25) is 0 Å². The van der Waals surface area contributed by atoms with Crippen molar-refractivity contribution >= 4 is 0 Å². The van der Waals surface area contributed by atoms with Gasteiger partial charge in [0.05, 0.1) is 12.2 Å². The largest absolute Gasteiger partial charge is 0.393 e. The average molecular weight is 174 g/mol. The summed E-state index contributed by atoms with van der Waals surface area (Å²) in [5.41, 5.74) is 0. The lowest BCUT2D eigenvalue weighted by Crippen LogP contribution is -2.12. The standard InChI is InChI=1S/C10H22O2/c1-3-5-6-10(12)8-7-9(11)4-2/h9-12H,3-8H2,1-2H3. The molecule has 2 atom stereocenters. The van der Waals surface area contributed by atoms with Gasteiger partial charge in [0.15, 0.2) is 0 Å². The molecule has 0 bridgehead atoms. The molecule has 0 aromatic heterocycles. The second-order valence-corrected chi connectivity index (χ2v) is 3.44. The van der Waals surface area contributed by atoms with E-state index in [1.165, 1.54) is 0 Å². The topological polar surface area (TPSA) is 40.5 Å². The van der Waals surface area contributed by atoms with Crippen molar-refractivity contribution in [2.75, 3.05) is 0 Å². The Balaban J connectivity index is 3.24. The van der Waals surface area contributed by atoms with E-state index >= 15 is 0 Å². The fraction of sp³-hybridized carbons (Fsp3) is 1.00. The third kappa shape index (κ3) is 6.62. The van der Waals surface area contributed by atoms with Crippen molar-refractivity contribution in [3.63, 3.8) is 0 Å². The van der Waals surface area contributed by atoms with E-state index in [9.17, 15) is 10.2 Å². The van der Waals surface area contributed by atoms with Crippen molar-refractivity contribution in [3.8, 4) is 0 Å². The van der Waals surface area contributed by atoms with Gasteiger partial charge in [-0.15, -0.1) is 0 Å². The highest BCUT2D eigenvalue weighted by molar-refractivity contribution is 4.60. The van der Waals surface area contributed by atoms with E-state index in [2.05, 4.69) is 6.92 Å². The van der Waals surface area contributed by atoms with Gasteiger partial charge in [-0.3, -0.25) is 0 Å². The predicted octanol–water partition coefficient (Wildman–Crippen LogP) is 2.09. The Morgan fingerprint density at radius 3 is 2.00 bits per heavy atom. The van der Waals surface area contributed by atoms with Gasteiger partial charge < -0.3 is 10.2 Å². The Kier molecular flexibility index (Phi) is 7.51. The Morgan fingerprint density at radius 1 is 0.917 bits per heavy atom. The number of rotatable bonds is 7. The minimum atomic E-state index is -0.221. The molecule has 0 aliphatic heterocycles. The smallest absolute Gasteiger partial charge is 0.0541 e. The lowest BCUT2D eigenvalue weighted by molar-refractivity contribution is 0.105. The average Bonchev–Trinajstić information content (AvgIpc) is 2.10. The zero-order valence-electron chi connectivity index (χ0n) is 8.29. The molecule has 0 heterocycles. The third-order valence-corrected chi connectivity index (χ3v) is 2.20. The summed E-state index contributed by atoms with van der Waals surface area (Å²) in [5.74, 6) is 0. The highest BCUT2D eigenvalue weighted by atomic mass is 16.3. The van der Waals surface area contributed by atoms with Crippen LogP contribution in [0.4, 0.5) is 0 Å². The maximum absolute atomic E-state index is 9.41.